The van der Waals surface area contributed by atoms with Crippen molar-refractivity contribution in [2.45, 2.75) is 19.0 Å². The Morgan fingerprint density at radius 2 is 1.86 bits per heavy atom. The highest BCUT2D eigenvalue weighted by Gasteiger charge is 2.13. The highest BCUT2D eigenvalue weighted by Crippen LogP contribution is 2.31. The van der Waals surface area contributed by atoms with Crippen LogP contribution in [0.5, 0.6) is 11.5 Å². The molecule has 0 spiro atoms. The predicted octanol–water partition coefficient (Wildman–Crippen LogP) is 4.24. The van der Waals surface area contributed by atoms with Crippen LogP contribution in [0, 0.1) is 13.8 Å². The fourth-order valence-corrected chi connectivity index (χ4v) is 3.70. The fraction of sp³-hybridized carbons (Fsp3) is 0.238. The molecule has 0 aliphatic rings. The maximum absolute atomic E-state index is 12.4. The van der Waals surface area contributed by atoms with Crippen LogP contribution in [0.2, 0.25) is 0 Å². The molecule has 3 aromatic rings. The Morgan fingerprint density at radius 1 is 1.11 bits per heavy atom. The van der Waals surface area contributed by atoms with Gasteiger partial charge < -0.3 is 14.8 Å². The zero-order chi connectivity index (χ0) is 20.1. The smallest absolute Gasteiger partial charge is 0.234 e. The van der Waals surface area contributed by atoms with Gasteiger partial charge in [-0.2, -0.15) is 0 Å². The number of nitrogens with one attached hydrogen (secondary N) is 1. The summed E-state index contributed by atoms with van der Waals surface area (Å²) < 4.78 is 12.6. The van der Waals surface area contributed by atoms with Crippen molar-refractivity contribution in [1.29, 1.82) is 0 Å². The van der Waals surface area contributed by atoms with Crippen LogP contribution >= 0.6 is 11.8 Å². The average molecular weight is 398 g/mol. The van der Waals surface area contributed by atoms with Gasteiger partial charge in [0.1, 0.15) is 11.5 Å². The van der Waals surface area contributed by atoms with Gasteiger partial charge in [0, 0.05) is 24.1 Å². The zero-order valence-corrected chi connectivity index (χ0v) is 17.2. The van der Waals surface area contributed by atoms with Crippen LogP contribution in [0.1, 0.15) is 11.1 Å². The van der Waals surface area contributed by atoms with E-state index in [1.165, 1.54) is 11.8 Å². The van der Waals surface area contributed by atoms with Crippen molar-refractivity contribution in [2.24, 2.45) is 0 Å². The Hall–Kier alpha value is -2.93. The Balaban J connectivity index is 1.72. The van der Waals surface area contributed by atoms with E-state index in [1.807, 2.05) is 54.9 Å². The number of rotatable bonds is 7. The maximum Gasteiger partial charge on any atom is 0.234 e. The first-order valence-electron chi connectivity index (χ1n) is 8.77. The third-order valence-corrected chi connectivity index (χ3v) is 5.06. The fourth-order valence-electron chi connectivity index (χ4n) is 2.94. The van der Waals surface area contributed by atoms with E-state index < -0.39 is 0 Å². The van der Waals surface area contributed by atoms with Crippen molar-refractivity contribution in [1.82, 2.24) is 9.55 Å². The number of amides is 1. The molecule has 1 N–H and O–H groups in total. The molecule has 0 radical (unpaired) electrons. The topological polar surface area (TPSA) is 65.4 Å². The number of hydrogen-bond acceptors (Lipinski definition) is 5. The second kappa shape index (κ2) is 8.84. The van der Waals surface area contributed by atoms with Gasteiger partial charge >= 0.3 is 0 Å². The number of imidazole rings is 1. The number of carbonyl (C=O) groups is 1. The first-order chi connectivity index (χ1) is 13.5. The monoisotopic (exact) mass is 397 g/mol. The number of benzene rings is 2. The summed E-state index contributed by atoms with van der Waals surface area (Å²) in [5, 5.41) is 3.65. The number of ether oxygens (including phenoxy) is 2. The highest BCUT2D eigenvalue weighted by molar-refractivity contribution is 7.99. The molecule has 2 aromatic carbocycles. The van der Waals surface area contributed by atoms with Gasteiger partial charge in [0.25, 0.3) is 0 Å². The number of carbonyl (C=O) groups excluding carboxylic acids is 1. The van der Waals surface area contributed by atoms with Crippen molar-refractivity contribution < 1.29 is 14.3 Å². The van der Waals surface area contributed by atoms with Gasteiger partial charge in [-0.15, -0.1) is 0 Å². The van der Waals surface area contributed by atoms with Gasteiger partial charge in [0.15, 0.2) is 5.16 Å². The third-order valence-electron chi connectivity index (χ3n) is 4.09. The molecule has 6 nitrogen and oxygen atoms in total. The van der Waals surface area contributed by atoms with Crippen LogP contribution in [0.25, 0.3) is 5.69 Å². The molecule has 0 saturated carbocycles. The number of aromatic nitrogens is 2. The van der Waals surface area contributed by atoms with Gasteiger partial charge in [0.2, 0.25) is 5.91 Å². The van der Waals surface area contributed by atoms with Gasteiger partial charge in [-0.05, 0) is 49.2 Å². The molecule has 3 rings (SSSR count). The second-order valence-corrected chi connectivity index (χ2v) is 7.27. The minimum Gasteiger partial charge on any atom is -0.497 e. The third kappa shape index (κ3) is 4.67. The summed E-state index contributed by atoms with van der Waals surface area (Å²) in [7, 11) is 3.22. The second-order valence-electron chi connectivity index (χ2n) is 6.33. The van der Waals surface area contributed by atoms with Crippen LogP contribution in [-0.4, -0.2) is 35.4 Å². The Labute approximate surface area is 168 Å². The molecular formula is C21H23N3O3S. The molecular weight excluding hydrogens is 374 g/mol. The Morgan fingerprint density at radius 3 is 2.54 bits per heavy atom. The molecule has 0 bridgehead atoms. The predicted molar refractivity (Wildman–Crippen MR) is 112 cm³/mol. The number of hydrogen-bond donors (Lipinski definition) is 1. The standard InChI is InChI=1S/C21H23N3O3S/c1-14-9-15(2)11-16(10-14)23-20(25)13-28-21-22-7-8-24(21)18-6-5-17(26-3)12-19(18)27-4/h5-12H,13H2,1-4H3,(H,23,25). The summed E-state index contributed by atoms with van der Waals surface area (Å²) >= 11 is 1.37. The SMILES string of the molecule is COc1ccc(-n2ccnc2SCC(=O)Nc2cc(C)cc(C)c2)c(OC)c1. The van der Waals surface area contributed by atoms with E-state index in [2.05, 4.69) is 16.4 Å². The van der Waals surface area contributed by atoms with Gasteiger partial charge in [-0.3, -0.25) is 9.36 Å². The Kier molecular flexibility index (Phi) is 6.26. The average Bonchev–Trinajstić information content (AvgIpc) is 3.13. The summed E-state index contributed by atoms with van der Waals surface area (Å²) in [4.78, 5) is 16.8. The molecule has 0 unspecified atom stereocenters. The number of methoxy groups -OCH3 is 2. The van der Waals surface area contributed by atoms with E-state index in [1.54, 1.807) is 20.4 Å². The Bertz CT molecular complexity index is 965. The minimum absolute atomic E-state index is 0.0776. The summed E-state index contributed by atoms with van der Waals surface area (Å²) in [6.45, 7) is 4.02. The molecule has 0 atom stereocenters. The van der Waals surface area contributed by atoms with Crippen molar-refractivity contribution in [3.63, 3.8) is 0 Å². The van der Waals surface area contributed by atoms with Gasteiger partial charge in [0.05, 0.1) is 25.7 Å². The first-order valence-corrected chi connectivity index (χ1v) is 9.75. The van der Waals surface area contributed by atoms with Crippen molar-refractivity contribution >= 4 is 23.4 Å². The quantitative estimate of drug-likeness (QED) is 0.604. The molecule has 1 aromatic heterocycles. The molecule has 28 heavy (non-hydrogen) atoms. The lowest BCUT2D eigenvalue weighted by molar-refractivity contribution is -0.113. The van der Waals surface area contributed by atoms with Crippen LogP contribution < -0.4 is 14.8 Å². The molecule has 0 saturated heterocycles. The molecule has 1 amide bonds. The van der Waals surface area contributed by atoms with E-state index in [0.29, 0.717) is 16.7 Å². The largest absolute Gasteiger partial charge is 0.497 e. The molecule has 1 heterocycles. The van der Waals surface area contributed by atoms with Gasteiger partial charge in [-0.1, -0.05) is 17.8 Å². The van der Waals surface area contributed by atoms with Gasteiger partial charge in [-0.25, -0.2) is 4.98 Å². The van der Waals surface area contributed by atoms with Crippen LogP contribution in [-0.2, 0) is 4.79 Å². The lowest BCUT2D eigenvalue weighted by atomic mass is 10.1. The van der Waals surface area contributed by atoms with E-state index in [4.69, 9.17) is 9.47 Å². The molecule has 0 aliphatic heterocycles. The number of aryl methyl sites for hydroxylation is 2. The number of nitrogens with zero attached hydrogens (tertiary/aromatic N) is 2. The lowest BCUT2D eigenvalue weighted by Crippen LogP contribution is -2.14. The van der Waals surface area contributed by atoms with Crippen molar-refractivity contribution in [3.8, 4) is 17.2 Å². The van der Waals surface area contributed by atoms with E-state index >= 15 is 0 Å². The summed E-state index contributed by atoms with van der Waals surface area (Å²) in [5.41, 5.74) is 3.87. The molecule has 7 heteroatoms. The minimum atomic E-state index is -0.0776. The van der Waals surface area contributed by atoms with Crippen molar-refractivity contribution in [3.05, 3.63) is 59.9 Å². The summed E-state index contributed by atoms with van der Waals surface area (Å²) in [6, 6.07) is 11.6. The van der Waals surface area contributed by atoms with E-state index in [-0.39, 0.29) is 11.7 Å². The summed E-state index contributed by atoms with van der Waals surface area (Å²) in [6.07, 6.45) is 3.54. The highest BCUT2D eigenvalue weighted by atomic mass is 32.2. The summed E-state index contributed by atoms with van der Waals surface area (Å²) in [5.74, 6) is 1.55. The maximum atomic E-state index is 12.4. The lowest BCUT2D eigenvalue weighted by Gasteiger charge is -2.13. The van der Waals surface area contributed by atoms with Crippen LogP contribution in [0.4, 0.5) is 5.69 Å². The molecule has 146 valence electrons. The first kappa shape index (κ1) is 19.8. The normalized spacial score (nSPS) is 10.6. The van der Waals surface area contributed by atoms with Crippen molar-refractivity contribution in [2.75, 3.05) is 25.3 Å². The van der Waals surface area contributed by atoms with Crippen LogP contribution in [0.3, 0.4) is 0 Å². The van der Waals surface area contributed by atoms with Crippen LogP contribution in [0.15, 0.2) is 53.9 Å². The van der Waals surface area contributed by atoms with E-state index in [0.717, 1.165) is 22.5 Å². The number of thioether (sulfide) groups is 1. The molecule has 0 fully saturated rings. The molecule has 0 aliphatic carbocycles. The number of anilines is 1. The zero-order valence-electron chi connectivity index (χ0n) is 16.4. The van der Waals surface area contributed by atoms with E-state index in [9.17, 15) is 4.79 Å².